The van der Waals surface area contributed by atoms with Crippen LogP contribution >= 0.6 is 0 Å². The number of amides is 2. The summed E-state index contributed by atoms with van der Waals surface area (Å²) >= 11 is 0. The highest BCUT2D eigenvalue weighted by Crippen LogP contribution is 2.20. The second-order valence-electron chi connectivity index (χ2n) is 5.89. The number of aryl methyl sites for hydroxylation is 2. The number of rotatable bonds is 5. The molecule has 3 aromatic rings. The number of anilines is 1. The third-order valence-corrected chi connectivity index (χ3v) is 4.18. The summed E-state index contributed by atoms with van der Waals surface area (Å²) in [4.78, 5) is 24.7. The summed E-state index contributed by atoms with van der Waals surface area (Å²) < 4.78 is 10.2. The van der Waals surface area contributed by atoms with E-state index in [1.807, 2.05) is 6.92 Å². The highest BCUT2D eigenvalue weighted by atomic mass is 16.5. The maximum atomic E-state index is 12.6. The van der Waals surface area contributed by atoms with Crippen molar-refractivity contribution in [1.82, 2.24) is 10.5 Å². The largest absolute Gasteiger partial charge is 0.459 e. The van der Waals surface area contributed by atoms with E-state index in [1.165, 1.54) is 6.26 Å². The van der Waals surface area contributed by atoms with Crippen LogP contribution in [-0.4, -0.2) is 17.0 Å². The Balaban J connectivity index is 1.74. The third kappa shape index (κ3) is 3.51. The summed E-state index contributed by atoms with van der Waals surface area (Å²) in [5.74, 6) is 0.277. The zero-order valence-electron chi connectivity index (χ0n) is 14.8. The predicted octanol–water partition coefficient (Wildman–Crippen LogP) is 3.38. The molecule has 0 bridgehead atoms. The fourth-order valence-corrected chi connectivity index (χ4v) is 2.63. The van der Waals surface area contributed by atoms with Gasteiger partial charge < -0.3 is 19.6 Å². The molecule has 7 heteroatoms. The lowest BCUT2D eigenvalue weighted by Gasteiger charge is -2.12. The van der Waals surface area contributed by atoms with Crippen molar-refractivity contribution >= 4 is 17.5 Å². The summed E-state index contributed by atoms with van der Waals surface area (Å²) in [5.41, 5.74) is 3.31. The Morgan fingerprint density at radius 2 is 1.88 bits per heavy atom. The number of benzene rings is 1. The minimum absolute atomic E-state index is 0.206. The van der Waals surface area contributed by atoms with Crippen molar-refractivity contribution in [2.24, 2.45) is 0 Å². The van der Waals surface area contributed by atoms with Gasteiger partial charge in [0.15, 0.2) is 5.76 Å². The van der Waals surface area contributed by atoms with E-state index in [4.69, 9.17) is 8.94 Å². The Labute approximate surface area is 150 Å². The first-order chi connectivity index (χ1) is 12.5. The molecule has 7 nitrogen and oxygen atoms in total. The molecule has 3 rings (SSSR count). The number of carbonyl (C=O) groups excluding carboxylic acids is 2. The first kappa shape index (κ1) is 17.5. The molecule has 1 aromatic carbocycles. The van der Waals surface area contributed by atoms with Crippen LogP contribution in [0.25, 0.3) is 0 Å². The second kappa shape index (κ2) is 7.26. The van der Waals surface area contributed by atoms with Crippen LogP contribution in [-0.2, 0) is 6.54 Å². The van der Waals surface area contributed by atoms with E-state index in [0.717, 1.165) is 11.3 Å². The van der Waals surface area contributed by atoms with Crippen LogP contribution in [0.2, 0.25) is 0 Å². The molecule has 2 aromatic heterocycles. The Morgan fingerprint density at radius 1 is 1.08 bits per heavy atom. The van der Waals surface area contributed by atoms with Crippen LogP contribution in [0.3, 0.4) is 0 Å². The molecule has 134 valence electrons. The van der Waals surface area contributed by atoms with Gasteiger partial charge in [0.2, 0.25) is 0 Å². The monoisotopic (exact) mass is 353 g/mol. The predicted molar refractivity (Wildman–Crippen MR) is 95.0 cm³/mol. The molecule has 0 aliphatic carbocycles. The molecule has 2 heterocycles. The molecule has 0 fully saturated rings. The van der Waals surface area contributed by atoms with E-state index >= 15 is 0 Å². The van der Waals surface area contributed by atoms with E-state index in [9.17, 15) is 9.59 Å². The van der Waals surface area contributed by atoms with Crippen molar-refractivity contribution in [3.63, 3.8) is 0 Å². The molecule has 2 N–H and O–H groups in total. The molecule has 0 aliphatic heterocycles. The molecule has 0 aliphatic rings. The first-order valence-electron chi connectivity index (χ1n) is 8.11. The standard InChI is InChI=1S/C19H19N3O4/c1-11-14(18(23)20-10-15-12(2)22-26-13(15)3)6-4-7-16(11)21-19(24)17-8-5-9-25-17/h4-9H,10H2,1-3H3,(H,20,23)(H,21,24). The van der Waals surface area contributed by atoms with Gasteiger partial charge >= 0.3 is 0 Å². The fourth-order valence-electron chi connectivity index (χ4n) is 2.63. The average Bonchev–Trinajstić information content (AvgIpc) is 3.26. The molecule has 0 radical (unpaired) electrons. The number of nitrogens with one attached hydrogen (secondary N) is 2. The average molecular weight is 353 g/mol. The van der Waals surface area contributed by atoms with Gasteiger partial charge in [0.05, 0.1) is 12.0 Å². The van der Waals surface area contributed by atoms with Gasteiger partial charge in [0.1, 0.15) is 5.76 Å². The van der Waals surface area contributed by atoms with Crippen molar-refractivity contribution in [3.8, 4) is 0 Å². The van der Waals surface area contributed by atoms with Gasteiger partial charge in [-0.25, -0.2) is 0 Å². The number of nitrogens with zero attached hydrogens (tertiary/aromatic N) is 1. The minimum atomic E-state index is -0.369. The molecule has 0 saturated carbocycles. The number of carbonyl (C=O) groups is 2. The van der Waals surface area contributed by atoms with Crippen molar-refractivity contribution in [2.75, 3.05) is 5.32 Å². The number of hydrogen-bond acceptors (Lipinski definition) is 5. The van der Waals surface area contributed by atoms with Gasteiger partial charge in [-0.05, 0) is 50.6 Å². The van der Waals surface area contributed by atoms with E-state index in [2.05, 4.69) is 15.8 Å². The summed E-state index contributed by atoms with van der Waals surface area (Å²) in [7, 11) is 0. The minimum Gasteiger partial charge on any atom is -0.459 e. The summed E-state index contributed by atoms with van der Waals surface area (Å²) in [6.07, 6.45) is 1.43. The molecule has 0 saturated heterocycles. The number of furan rings is 1. The van der Waals surface area contributed by atoms with Crippen LogP contribution in [0.5, 0.6) is 0 Å². The number of aromatic nitrogens is 1. The summed E-state index contributed by atoms with van der Waals surface area (Å²) in [5, 5.41) is 9.49. The highest BCUT2D eigenvalue weighted by Gasteiger charge is 2.16. The first-order valence-corrected chi connectivity index (χ1v) is 8.11. The lowest BCUT2D eigenvalue weighted by molar-refractivity contribution is 0.0948. The van der Waals surface area contributed by atoms with Crippen molar-refractivity contribution in [3.05, 3.63) is 70.5 Å². The van der Waals surface area contributed by atoms with Crippen molar-refractivity contribution in [1.29, 1.82) is 0 Å². The second-order valence-corrected chi connectivity index (χ2v) is 5.89. The molecule has 0 unspecified atom stereocenters. The quantitative estimate of drug-likeness (QED) is 0.733. The van der Waals surface area contributed by atoms with Crippen LogP contribution in [0, 0.1) is 20.8 Å². The summed E-state index contributed by atoms with van der Waals surface area (Å²) in [6.45, 7) is 5.73. The Morgan fingerprint density at radius 3 is 2.54 bits per heavy atom. The van der Waals surface area contributed by atoms with E-state index < -0.39 is 0 Å². The smallest absolute Gasteiger partial charge is 0.291 e. The zero-order valence-corrected chi connectivity index (χ0v) is 14.8. The zero-order chi connectivity index (χ0) is 18.7. The topological polar surface area (TPSA) is 97.4 Å². The van der Waals surface area contributed by atoms with Crippen molar-refractivity contribution < 1.29 is 18.5 Å². The molecule has 26 heavy (non-hydrogen) atoms. The van der Waals surface area contributed by atoms with Crippen LogP contribution in [0.1, 0.15) is 43.5 Å². The maximum absolute atomic E-state index is 12.6. The van der Waals surface area contributed by atoms with Crippen LogP contribution in [0.4, 0.5) is 5.69 Å². The maximum Gasteiger partial charge on any atom is 0.291 e. The fraction of sp³-hybridized carbons (Fsp3) is 0.211. The lowest BCUT2D eigenvalue weighted by atomic mass is 10.1. The Bertz CT molecular complexity index is 922. The molecule has 0 spiro atoms. The van der Waals surface area contributed by atoms with E-state index in [0.29, 0.717) is 29.1 Å². The molecular formula is C19H19N3O4. The Kier molecular flexibility index (Phi) is 4.88. The molecular weight excluding hydrogens is 334 g/mol. The molecule has 2 amide bonds. The van der Waals surface area contributed by atoms with Gasteiger partial charge in [0.25, 0.3) is 11.8 Å². The Hall–Kier alpha value is -3.35. The highest BCUT2D eigenvalue weighted by molar-refractivity contribution is 6.04. The SMILES string of the molecule is Cc1noc(C)c1CNC(=O)c1cccc(NC(=O)c2ccco2)c1C. The number of hydrogen-bond donors (Lipinski definition) is 2. The van der Waals surface area contributed by atoms with Crippen LogP contribution in [0.15, 0.2) is 45.5 Å². The van der Waals surface area contributed by atoms with Gasteiger partial charge in [-0.3, -0.25) is 9.59 Å². The van der Waals surface area contributed by atoms with Gasteiger partial charge in [-0.1, -0.05) is 11.2 Å². The van der Waals surface area contributed by atoms with E-state index in [1.54, 1.807) is 44.2 Å². The normalized spacial score (nSPS) is 10.6. The van der Waals surface area contributed by atoms with Gasteiger partial charge in [-0.2, -0.15) is 0 Å². The lowest BCUT2D eigenvalue weighted by Crippen LogP contribution is -2.24. The van der Waals surface area contributed by atoms with E-state index in [-0.39, 0.29) is 17.6 Å². The van der Waals surface area contributed by atoms with Gasteiger partial charge in [-0.15, -0.1) is 0 Å². The van der Waals surface area contributed by atoms with Gasteiger partial charge in [0, 0.05) is 23.4 Å². The summed E-state index contributed by atoms with van der Waals surface area (Å²) in [6, 6.07) is 8.38. The van der Waals surface area contributed by atoms with Crippen molar-refractivity contribution in [2.45, 2.75) is 27.3 Å². The third-order valence-electron chi connectivity index (χ3n) is 4.18. The molecule has 0 atom stereocenters. The van der Waals surface area contributed by atoms with Crippen LogP contribution < -0.4 is 10.6 Å².